The van der Waals surface area contributed by atoms with Crippen molar-refractivity contribution in [3.63, 3.8) is 0 Å². The number of aryl methyl sites for hydroxylation is 1. The molecule has 0 radical (unpaired) electrons. The van der Waals surface area contributed by atoms with Crippen molar-refractivity contribution in [1.29, 1.82) is 0 Å². The van der Waals surface area contributed by atoms with Crippen LogP contribution in [0.3, 0.4) is 0 Å². The van der Waals surface area contributed by atoms with Crippen LogP contribution in [-0.4, -0.2) is 16.3 Å². The smallest absolute Gasteiger partial charge is 0.405 e. The molecule has 0 amide bonds. The lowest BCUT2D eigenvalue weighted by molar-refractivity contribution is -0.274. The summed E-state index contributed by atoms with van der Waals surface area (Å²) in [6, 6.07) is 7.78. The molecule has 21 heavy (non-hydrogen) atoms. The molecule has 112 valence electrons. The lowest BCUT2D eigenvalue weighted by atomic mass is 10.2. The van der Waals surface area contributed by atoms with E-state index in [1.165, 1.54) is 12.1 Å². The molecule has 0 aliphatic rings. The Kier molecular flexibility index (Phi) is 4.74. The van der Waals surface area contributed by atoms with Gasteiger partial charge in [-0.2, -0.15) is 0 Å². The van der Waals surface area contributed by atoms with Crippen LogP contribution in [0.1, 0.15) is 17.1 Å². The third kappa shape index (κ3) is 5.03. The largest absolute Gasteiger partial charge is 0.573 e. The van der Waals surface area contributed by atoms with Crippen molar-refractivity contribution >= 4 is 0 Å². The van der Waals surface area contributed by atoms with Crippen LogP contribution in [0.15, 0.2) is 36.5 Å². The summed E-state index contributed by atoms with van der Waals surface area (Å²) in [6.07, 6.45) is -3.06. The Morgan fingerprint density at radius 2 is 1.90 bits per heavy atom. The molecule has 1 aromatic carbocycles. The molecule has 0 saturated heterocycles. The molecule has 2 aromatic rings. The fourth-order valence-electron chi connectivity index (χ4n) is 1.80. The Hall–Kier alpha value is -2.15. The van der Waals surface area contributed by atoms with Crippen LogP contribution in [0.2, 0.25) is 0 Å². The van der Waals surface area contributed by atoms with Crippen LogP contribution in [-0.2, 0) is 13.1 Å². The Morgan fingerprint density at radius 3 is 2.62 bits per heavy atom. The lowest BCUT2D eigenvalue weighted by Gasteiger charge is -2.13. The van der Waals surface area contributed by atoms with Crippen molar-refractivity contribution in [2.75, 3.05) is 0 Å². The van der Waals surface area contributed by atoms with Crippen molar-refractivity contribution < 1.29 is 17.9 Å². The number of ether oxygens (including phenoxy) is 1. The predicted molar refractivity (Wildman–Crippen MR) is 70.4 cm³/mol. The fraction of sp³-hybridized carbons (Fsp3) is 0.286. The van der Waals surface area contributed by atoms with Gasteiger partial charge in [0, 0.05) is 24.8 Å². The van der Waals surface area contributed by atoms with Gasteiger partial charge in [0.25, 0.3) is 0 Å². The van der Waals surface area contributed by atoms with E-state index in [4.69, 9.17) is 0 Å². The second-order valence-corrected chi connectivity index (χ2v) is 4.35. The highest BCUT2D eigenvalue weighted by Gasteiger charge is 2.31. The highest BCUT2D eigenvalue weighted by atomic mass is 19.4. The second kappa shape index (κ2) is 6.53. The molecule has 0 aliphatic heterocycles. The van der Waals surface area contributed by atoms with Crippen LogP contribution in [0.4, 0.5) is 13.2 Å². The predicted octanol–water partition coefficient (Wildman–Crippen LogP) is 2.97. The van der Waals surface area contributed by atoms with Gasteiger partial charge in [-0.25, -0.2) is 9.97 Å². The van der Waals surface area contributed by atoms with Gasteiger partial charge in [0.2, 0.25) is 0 Å². The first-order chi connectivity index (χ1) is 9.94. The Morgan fingerprint density at radius 1 is 1.14 bits per heavy atom. The minimum Gasteiger partial charge on any atom is -0.405 e. The van der Waals surface area contributed by atoms with Gasteiger partial charge in [0.15, 0.2) is 0 Å². The van der Waals surface area contributed by atoms with Crippen molar-refractivity contribution in [3.8, 4) is 5.75 Å². The number of aromatic nitrogens is 2. The SMILES string of the molecule is Cc1nccc(CNCc2ccccc2OC(F)(F)F)n1. The van der Waals surface area contributed by atoms with E-state index >= 15 is 0 Å². The molecule has 0 unspecified atom stereocenters. The normalized spacial score (nSPS) is 11.4. The highest BCUT2D eigenvalue weighted by Crippen LogP contribution is 2.26. The monoisotopic (exact) mass is 297 g/mol. The number of para-hydroxylation sites is 1. The van der Waals surface area contributed by atoms with Crippen LogP contribution in [0.25, 0.3) is 0 Å². The summed E-state index contributed by atoms with van der Waals surface area (Å²) in [5.74, 6) is 0.450. The number of halogens is 3. The number of rotatable bonds is 5. The summed E-state index contributed by atoms with van der Waals surface area (Å²) < 4.78 is 40.9. The van der Waals surface area contributed by atoms with Crippen LogP contribution in [0, 0.1) is 6.92 Å². The molecular weight excluding hydrogens is 283 g/mol. The molecule has 0 saturated carbocycles. The second-order valence-electron chi connectivity index (χ2n) is 4.35. The van der Waals surface area contributed by atoms with E-state index in [9.17, 15) is 13.2 Å². The number of nitrogens with one attached hydrogen (secondary N) is 1. The molecule has 0 atom stereocenters. The molecule has 0 fully saturated rings. The summed E-state index contributed by atoms with van der Waals surface area (Å²) in [5.41, 5.74) is 1.21. The average molecular weight is 297 g/mol. The first kappa shape index (κ1) is 15.2. The maximum atomic E-state index is 12.3. The minimum atomic E-state index is -4.69. The summed E-state index contributed by atoms with van der Waals surface area (Å²) in [7, 11) is 0. The Bertz CT molecular complexity index is 602. The maximum Gasteiger partial charge on any atom is 0.573 e. The molecule has 1 N–H and O–H groups in total. The van der Waals surface area contributed by atoms with Gasteiger partial charge in [-0.05, 0) is 19.1 Å². The summed E-state index contributed by atoms with van der Waals surface area (Å²) in [4.78, 5) is 8.18. The third-order valence-corrected chi connectivity index (χ3v) is 2.65. The summed E-state index contributed by atoms with van der Waals surface area (Å²) in [5, 5.41) is 3.03. The molecule has 7 heteroatoms. The zero-order valence-electron chi connectivity index (χ0n) is 11.3. The van der Waals surface area contributed by atoms with Crippen LogP contribution in [0.5, 0.6) is 5.75 Å². The van der Waals surface area contributed by atoms with E-state index in [1.807, 2.05) is 0 Å². The Balaban J connectivity index is 1.97. The molecule has 1 aromatic heterocycles. The van der Waals surface area contributed by atoms with Crippen LogP contribution < -0.4 is 10.1 Å². The quantitative estimate of drug-likeness (QED) is 0.921. The Labute approximate surface area is 120 Å². The zero-order chi connectivity index (χ0) is 15.3. The number of benzene rings is 1. The van der Waals surface area contributed by atoms with Crippen molar-refractivity contribution in [3.05, 3.63) is 53.6 Å². The molecule has 0 spiro atoms. The molecule has 0 aliphatic carbocycles. The fourth-order valence-corrected chi connectivity index (χ4v) is 1.80. The number of hydrogen-bond acceptors (Lipinski definition) is 4. The first-order valence-electron chi connectivity index (χ1n) is 6.27. The minimum absolute atomic E-state index is 0.198. The maximum absolute atomic E-state index is 12.3. The molecule has 0 bridgehead atoms. The summed E-state index contributed by atoms with van der Waals surface area (Å²) >= 11 is 0. The van der Waals surface area contributed by atoms with Gasteiger partial charge in [-0.1, -0.05) is 18.2 Å². The van der Waals surface area contributed by atoms with E-state index in [-0.39, 0.29) is 12.3 Å². The molecule has 4 nitrogen and oxygen atoms in total. The summed E-state index contributed by atoms with van der Waals surface area (Å²) in [6.45, 7) is 2.45. The number of alkyl halides is 3. The average Bonchev–Trinajstić information content (AvgIpc) is 2.39. The number of hydrogen-bond donors (Lipinski definition) is 1. The molecule has 2 rings (SSSR count). The third-order valence-electron chi connectivity index (χ3n) is 2.65. The topological polar surface area (TPSA) is 47.0 Å². The first-order valence-corrected chi connectivity index (χ1v) is 6.27. The van der Waals surface area contributed by atoms with Gasteiger partial charge in [0.1, 0.15) is 11.6 Å². The highest BCUT2D eigenvalue weighted by molar-refractivity contribution is 5.33. The van der Waals surface area contributed by atoms with E-state index in [0.29, 0.717) is 17.9 Å². The zero-order valence-corrected chi connectivity index (χ0v) is 11.3. The van der Waals surface area contributed by atoms with Crippen molar-refractivity contribution in [2.45, 2.75) is 26.4 Å². The van der Waals surface area contributed by atoms with E-state index in [0.717, 1.165) is 5.69 Å². The number of nitrogens with zero attached hydrogens (tertiary/aromatic N) is 2. The molecular formula is C14H14F3N3O. The van der Waals surface area contributed by atoms with Crippen LogP contribution >= 0.6 is 0 Å². The lowest BCUT2D eigenvalue weighted by Crippen LogP contribution is -2.20. The van der Waals surface area contributed by atoms with Crippen molar-refractivity contribution in [1.82, 2.24) is 15.3 Å². The molecule has 1 heterocycles. The van der Waals surface area contributed by atoms with E-state index in [2.05, 4.69) is 20.0 Å². The van der Waals surface area contributed by atoms with Gasteiger partial charge in [0.05, 0.1) is 5.69 Å². The van der Waals surface area contributed by atoms with Gasteiger partial charge >= 0.3 is 6.36 Å². The van der Waals surface area contributed by atoms with Gasteiger partial charge < -0.3 is 10.1 Å². The van der Waals surface area contributed by atoms with Gasteiger partial charge in [-0.15, -0.1) is 13.2 Å². The standard InChI is InChI=1S/C14H14F3N3O/c1-10-19-7-6-12(20-10)9-18-8-11-4-2-3-5-13(11)21-14(15,16)17/h2-7,18H,8-9H2,1H3. The van der Waals surface area contributed by atoms with E-state index in [1.54, 1.807) is 31.3 Å². The van der Waals surface area contributed by atoms with Crippen molar-refractivity contribution in [2.24, 2.45) is 0 Å². The van der Waals surface area contributed by atoms with E-state index < -0.39 is 6.36 Å². The van der Waals surface area contributed by atoms with Gasteiger partial charge in [-0.3, -0.25) is 0 Å².